The molecule has 0 saturated carbocycles. The van der Waals surface area contributed by atoms with Crippen LogP contribution in [0.15, 0.2) is 54.7 Å². The lowest BCUT2D eigenvalue weighted by atomic mass is 9.89. The molecule has 1 aromatic heterocycles. The first-order chi connectivity index (χ1) is 11.3. The van der Waals surface area contributed by atoms with Crippen molar-refractivity contribution >= 4 is 23.3 Å². The van der Waals surface area contributed by atoms with Crippen molar-refractivity contribution in [1.82, 2.24) is 15.1 Å². The Hall–Kier alpha value is -1.88. The Morgan fingerprint density at radius 1 is 1.12 bits per heavy atom. The van der Waals surface area contributed by atoms with E-state index in [1.807, 2.05) is 6.20 Å². The highest BCUT2D eigenvalue weighted by molar-refractivity contribution is 5.85. The molecule has 2 aromatic carbocycles. The average Bonchev–Trinajstić information content (AvgIpc) is 3.21. The van der Waals surface area contributed by atoms with Crippen LogP contribution in [0.2, 0.25) is 0 Å². The van der Waals surface area contributed by atoms with Gasteiger partial charge >= 0.3 is 0 Å². The Labute approximate surface area is 148 Å². The van der Waals surface area contributed by atoms with Crippen LogP contribution in [-0.4, -0.2) is 34.7 Å². The lowest BCUT2D eigenvalue weighted by Crippen LogP contribution is -2.23. The molecule has 0 aliphatic carbocycles. The van der Waals surface area contributed by atoms with Crippen LogP contribution in [0.3, 0.4) is 0 Å². The fourth-order valence-corrected chi connectivity index (χ4v) is 3.75. The molecule has 1 aliphatic heterocycles. The summed E-state index contributed by atoms with van der Waals surface area (Å²) >= 11 is 0. The van der Waals surface area contributed by atoms with E-state index in [1.165, 1.54) is 11.1 Å². The van der Waals surface area contributed by atoms with Crippen molar-refractivity contribution in [3.63, 3.8) is 0 Å². The van der Waals surface area contributed by atoms with E-state index >= 15 is 0 Å². The van der Waals surface area contributed by atoms with Crippen LogP contribution in [0.5, 0.6) is 0 Å². The van der Waals surface area contributed by atoms with Crippen LogP contribution >= 0.6 is 12.4 Å². The van der Waals surface area contributed by atoms with E-state index in [0.29, 0.717) is 11.8 Å². The van der Waals surface area contributed by atoms with Crippen molar-refractivity contribution < 1.29 is 0 Å². The topological polar surface area (TPSA) is 57.9 Å². The van der Waals surface area contributed by atoms with Crippen LogP contribution in [0, 0.1) is 5.92 Å². The number of aromatic nitrogens is 2. The number of halogens is 1. The molecular weight excluding hydrogens is 320 g/mol. The molecule has 3 N–H and O–H groups in total. The van der Waals surface area contributed by atoms with E-state index in [9.17, 15) is 0 Å². The number of benzene rings is 2. The van der Waals surface area contributed by atoms with E-state index in [1.54, 1.807) is 0 Å². The first-order valence-electron chi connectivity index (χ1n) is 8.23. The SMILES string of the molecule is Cl.NC[C@@H]1CN(Cc2ccc3cn[nH]c3c2)C[C@H]1c1ccccc1. The molecule has 1 saturated heterocycles. The van der Waals surface area contributed by atoms with Gasteiger partial charge in [0.15, 0.2) is 0 Å². The molecule has 4 nitrogen and oxygen atoms in total. The van der Waals surface area contributed by atoms with Gasteiger partial charge in [0.25, 0.3) is 0 Å². The molecule has 0 bridgehead atoms. The smallest absolute Gasteiger partial charge is 0.0653 e. The maximum Gasteiger partial charge on any atom is 0.0653 e. The quantitative estimate of drug-likeness (QED) is 0.765. The summed E-state index contributed by atoms with van der Waals surface area (Å²) in [5, 5.41) is 8.31. The third kappa shape index (κ3) is 3.31. The van der Waals surface area contributed by atoms with Gasteiger partial charge in [0.2, 0.25) is 0 Å². The van der Waals surface area contributed by atoms with Gasteiger partial charge in [-0.3, -0.25) is 10.00 Å². The Balaban J connectivity index is 0.00000169. The third-order valence-corrected chi connectivity index (χ3v) is 4.96. The second-order valence-electron chi connectivity index (χ2n) is 6.50. The number of rotatable bonds is 4. The standard InChI is InChI=1S/C19H22N4.ClH/c20-9-17-12-23(13-18(17)15-4-2-1-3-5-15)11-14-6-7-16-10-21-22-19(16)8-14;/h1-8,10,17-18H,9,11-13,20H2,(H,21,22);1H/t17-,18+;/m1./s1. The second kappa shape index (κ2) is 7.34. The van der Waals surface area contributed by atoms with Crippen molar-refractivity contribution in [1.29, 1.82) is 0 Å². The van der Waals surface area contributed by atoms with Crippen molar-refractivity contribution in [2.24, 2.45) is 11.7 Å². The summed E-state index contributed by atoms with van der Waals surface area (Å²) in [7, 11) is 0. The van der Waals surface area contributed by atoms with Crippen LogP contribution in [0.25, 0.3) is 10.9 Å². The molecule has 0 amide bonds. The number of nitrogens with two attached hydrogens (primary N) is 1. The lowest BCUT2D eigenvalue weighted by Gasteiger charge is -2.17. The second-order valence-corrected chi connectivity index (χ2v) is 6.50. The summed E-state index contributed by atoms with van der Waals surface area (Å²) in [4.78, 5) is 2.52. The largest absolute Gasteiger partial charge is 0.330 e. The Morgan fingerprint density at radius 2 is 1.96 bits per heavy atom. The lowest BCUT2D eigenvalue weighted by molar-refractivity contribution is 0.317. The molecule has 0 spiro atoms. The van der Waals surface area contributed by atoms with Crippen molar-refractivity contribution in [2.45, 2.75) is 12.5 Å². The molecule has 24 heavy (non-hydrogen) atoms. The molecule has 0 radical (unpaired) electrons. The van der Waals surface area contributed by atoms with Crippen LogP contribution in [0.4, 0.5) is 0 Å². The minimum absolute atomic E-state index is 0. The summed E-state index contributed by atoms with van der Waals surface area (Å²) in [6, 6.07) is 17.3. The summed E-state index contributed by atoms with van der Waals surface area (Å²) in [5.74, 6) is 1.07. The highest BCUT2D eigenvalue weighted by Gasteiger charge is 2.32. The molecule has 1 fully saturated rings. The number of hydrogen-bond donors (Lipinski definition) is 2. The predicted molar refractivity (Wildman–Crippen MR) is 100 cm³/mol. The van der Waals surface area contributed by atoms with E-state index in [0.717, 1.165) is 37.1 Å². The minimum Gasteiger partial charge on any atom is -0.330 e. The van der Waals surface area contributed by atoms with Crippen molar-refractivity contribution in [3.8, 4) is 0 Å². The summed E-state index contributed by atoms with van der Waals surface area (Å²) < 4.78 is 0. The molecule has 2 heterocycles. The predicted octanol–water partition coefficient (Wildman–Crippen LogP) is 3.16. The van der Waals surface area contributed by atoms with Gasteiger partial charge in [-0.2, -0.15) is 5.10 Å². The van der Waals surface area contributed by atoms with Gasteiger partial charge in [-0.15, -0.1) is 12.4 Å². The molecule has 1 aliphatic rings. The first kappa shape index (κ1) is 17.0. The average molecular weight is 343 g/mol. The van der Waals surface area contributed by atoms with Gasteiger partial charge < -0.3 is 5.73 Å². The summed E-state index contributed by atoms with van der Waals surface area (Å²) in [5.41, 5.74) is 9.88. The molecule has 5 heteroatoms. The highest BCUT2D eigenvalue weighted by atomic mass is 35.5. The normalized spacial score (nSPS) is 21.0. The number of hydrogen-bond acceptors (Lipinski definition) is 3. The molecule has 126 valence electrons. The number of likely N-dealkylation sites (tertiary alicyclic amines) is 1. The van der Waals surface area contributed by atoms with Gasteiger partial charge in [0.1, 0.15) is 0 Å². The summed E-state index contributed by atoms with van der Waals surface area (Å²) in [6.45, 7) is 3.86. The van der Waals surface area contributed by atoms with Gasteiger partial charge in [-0.1, -0.05) is 42.5 Å². The molecule has 4 rings (SSSR count). The molecular formula is C19H23ClN4. The fraction of sp³-hybridized carbons (Fsp3) is 0.316. The van der Waals surface area contributed by atoms with Crippen LogP contribution in [0.1, 0.15) is 17.0 Å². The van der Waals surface area contributed by atoms with Gasteiger partial charge in [-0.25, -0.2) is 0 Å². The highest BCUT2D eigenvalue weighted by Crippen LogP contribution is 2.32. The molecule has 0 unspecified atom stereocenters. The maximum absolute atomic E-state index is 6.04. The zero-order valence-corrected chi connectivity index (χ0v) is 14.4. The zero-order chi connectivity index (χ0) is 15.6. The van der Waals surface area contributed by atoms with Gasteiger partial charge in [-0.05, 0) is 29.7 Å². The number of fused-ring (bicyclic) bond motifs is 1. The van der Waals surface area contributed by atoms with E-state index < -0.39 is 0 Å². The van der Waals surface area contributed by atoms with Gasteiger partial charge in [0.05, 0.1) is 11.7 Å². The number of aromatic amines is 1. The Bertz CT molecular complexity index is 786. The third-order valence-electron chi connectivity index (χ3n) is 4.96. The Morgan fingerprint density at radius 3 is 2.75 bits per heavy atom. The maximum atomic E-state index is 6.04. The van der Waals surface area contributed by atoms with Crippen LogP contribution in [-0.2, 0) is 6.54 Å². The van der Waals surface area contributed by atoms with Crippen molar-refractivity contribution in [3.05, 3.63) is 65.9 Å². The van der Waals surface area contributed by atoms with Crippen LogP contribution < -0.4 is 5.73 Å². The number of nitrogens with zero attached hydrogens (tertiary/aromatic N) is 2. The number of nitrogens with one attached hydrogen (secondary N) is 1. The monoisotopic (exact) mass is 342 g/mol. The minimum atomic E-state index is 0. The van der Waals surface area contributed by atoms with Crippen molar-refractivity contribution in [2.75, 3.05) is 19.6 Å². The van der Waals surface area contributed by atoms with E-state index in [4.69, 9.17) is 5.73 Å². The zero-order valence-electron chi connectivity index (χ0n) is 13.6. The fourth-order valence-electron chi connectivity index (χ4n) is 3.75. The summed E-state index contributed by atoms with van der Waals surface area (Å²) in [6.07, 6.45) is 1.87. The van der Waals surface area contributed by atoms with E-state index in [2.05, 4.69) is 63.6 Å². The van der Waals surface area contributed by atoms with E-state index in [-0.39, 0.29) is 12.4 Å². The first-order valence-corrected chi connectivity index (χ1v) is 8.23. The molecule has 3 aromatic rings. The molecule has 2 atom stereocenters. The Kier molecular flexibility index (Phi) is 5.19. The van der Waals surface area contributed by atoms with Gasteiger partial charge in [0, 0.05) is 30.9 Å². The number of H-pyrrole nitrogens is 1.